The summed E-state index contributed by atoms with van der Waals surface area (Å²) < 4.78 is 0. The summed E-state index contributed by atoms with van der Waals surface area (Å²) in [6.07, 6.45) is 0.120. The summed E-state index contributed by atoms with van der Waals surface area (Å²) in [5, 5.41) is 14.6. The van der Waals surface area contributed by atoms with E-state index in [2.05, 4.69) is 20.6 Å². The third-order valence-electron chi connectivity index (χ3n) is 3.01. The molecule has 0 fully saturated rings. The number of benzene rings is 1. The van der Waals surface area contributed by atoms with Crippen molar-refractivity contribution in [3.05, 3.63) is 30.1 Å². The van der Waals surface area contributed by atoms with Crippen molar-refractivity contribution in [1.82, 2.24) is 20.6 Å². The number of hydrogen-bond donors (Lipinski definition) is 4. The first-order chi connectivity index (χ1) is 9.56. The smallest absolute Gasteiger partial charge is 0.315 e. The normalized spacial score (nSPS) is 13.9. The molecule has 6 heteroatoms. The van der Waals surface area contributed by atoms with Crippen LogP contribution in [0.5, 0.6) is 0 Å². The number of carbonyl (C=O) groups excluding carboxylic acids is 1. The molecule has 20 heavy (non-hydrogen) atoms. The van der Waals surface area contributed by atoms with Crippen LogP contribution in [0.25, 0.3) is 11.0 Å². The molecule has 0 saturated carbocycles. The summed E-state index contributed by atoms with van der Waals surface area (Å²) >= 11 is 0. The molecule has 4 N–H and O–H groups in total. The Bertz CT molecular complexity index is 546. The van der Waals surface area contributed by atoms with Crippen LogP contribution in [0.1, 0.15) is 32.1 Å². The van der Waals surface area contributed by atoms with Crippen LogP contribution in [0.3, 0.4) is 0 Å². The maximum Gasteiger partial charge on any atom is 0.315 e. The molecule has 2 rings (SSSR count). The van der Waals surface area contributed by atoms with Crippen LogP contribution in [0.15, 0.2) is 24.3 Å². The Labute approximate surface area is 117 Å². The van der Waals surface area contributed by atoms with Crippen molar-refractivity contribution >= 4 is 17.1 Å². The van der Waals surface area contributed by atoms with Crippen molar-refractivity contribution in [3.63, 3.8) is 0 Å². The summed E-state index contributed by atoms with van der Waals surface area (Å²) in [5.74, 6) is 0.719. The van der Waals surface area contributed by atoms with Gasteiger partial charge in [-0.25, -0.2) is 9.78 Å². The first-order valence-corrected chi connectivity index (χ1v) is 6.73. The van der Waals surface area contributed by atoms with E-state index in [1.54, 1.807) is 6.92 Å². The van der Waals surface area contributed by atoms with Crippen molar-refractivity contribution in [2.45, 2.75) is 32.4 Å². The highest BCUT2D eigenvalue weighted by atomic mass is 16.3. The second-order valence-electron chi connectivity index (χ2n) is 4.90. The summed E-state index contributed by atoms with van der Waals surface area (Å²) in [6.45, 7) is 4.00. The van der Waals surface area contributed by atoms with Gasteiger partial charge in [-0.1, -0.05) is 12.1 Å². The second-order valence-corrected chi connectivity index (χ2v) is 4.90. The minimum Gasteiger partial charge on any atom is -0.393 e. The van der Waals surface area contributed by atoms with Crippen LogP contribution in [-0.2, 0) is 0 Å². The number of aliphatic hydroxyl groups excluding tert-OH is 1. The highest BCUT2D eigenvalue weighted by Gasteiger charge is 2.13. The van der Waals surface area contributed by atoms with Gasteiger partial charge in [-0.15, -0.1) is 0 Å². The molecule has 2 unspecified atom stereocenters. The van der Waals surface area contributed by atoms with E-state index in [0.29, 0.717) is 13.0 Å². The Morgan fingerprint density at radius 3 is 2.85 bits per heavy atom. The summed E-state index contributed by atoms with van der Waals surface area (Å²) in [5.41, 5.74) is 1.83. The van der Waals surface area contributed by atoms with Gasteiger partial charge in [-0.3, -0.25) is 0 Å². The van der Waals surface area contributed by atoms with Gasteiger partial charge in [0.05, 0.1) is 23.2 Å². The number of nitrogens with zero attached hydrogens (tertiary/aromatic N) is 1. The lowest BCUT2D eigenvalue weighted by atomic mass is 10.3. The Kier molecular flexibility index (Phi) is 4.57. The van der Waals surface area contributed by atoms with E-state index in [4.69, 9.17) is 5.11 Å². The molecule has 1 aromatic heterocycles. The van der Waals surface area contributed by atoms with Gasteiger partial charge in [-0.2, -0.15) is 0 Å². The molecular weight excluding hydrogens is 256 g/mol. The van der Waals surface area contributed by atoms with Gasteiger partial charge in [0.1, 0.15) is 5.82 Å². The molecule has 2 aromatic rings. The van der Waals surface area contributed by atoms with Crippen molar-refractivity contribution in [2.75, 3.05) is 6.54 Å². The lowest BCUT2D eigenvalue weighted by Crippen LogP contribution is -2.38. The highest BCUT2D eigenvalue weighted by Crippen LogP contribution is 2.15. The molecule has 0 aliphatic rings. The van der Waals surface area contributed by atoms with Crippen LogP contribution in [0.4, 0.5) is 4.79 Å². The number of aromatic amines is 1. The monoisotopic (exact) mass is 276 g/mol. The Morgan fingerprint density at radius 1 is 1.40 bits per heavy atom. The fourth-order valence-corrected chi connectivity index (χ4v) is 1.89. The Hall–Kier alpha value is -2.08. The molecule has 2 atom stereocenters. The first kappa shape index (κ1) is 14.3. The van der Waals surface area contributed by atoms with Crippen LogP contribution in [0.2, 0.25) is 0 Å². The van der Waals surface area contributed by atoms with E-state index >= 15 is 0 Å². The molecular formula is C14H20N4O2. The molecule has 1 aromatic carbocycles. The zero-order valence-corrected chi connectivity index (χ0v) is 11.7. The van der Waals surface area contributed by atoms with Gasteiger partial charge < -0.3 is 20.7 Å². The molecule has 0 radical (unpaired) electrons. The van der Waals surface area contributed by atoms with E-state index in [1.165, 1.54) is 0 Å². The van der Waals surface area contributed by atoms with Gasteiger partial charge in [0.15, 0.2) is 0 Å². The first-order valence-electron chi connectivity index (χ1n) is 6.73. The summed E-state index contributed by atoms with van der Waals surface area (Å²) in [6, 6.07) is 7.25. The average molecular weight is 276 g/mol. The zero-order chi connectivity index (χ0) is 14.5. The Morgan fingerprint density at radius 2 is 2.15 bits per heavy atom. The lowest BCUT2D eigenvalue weighted by Gasteiger charge is -2.13. The van der Waals surface area contributed by atoms with E-state index < -0.39 is 6.10 Å². The Balaban J connectivity index is 1.90. The van der Waals surface area contributed by atoms with E-state index in [1.807, 2.05) is 31.2 Å². The van der Waals surface area contributed by atoms with Crippen molar-refractivity contribution in [3.8, 4) is 0 Å². The van der Waals surface area contributed by atoms with Crippen LogP contribution >= 0.6 is 0 Å². The van der Waals surface area contributed by atoms with Gasteiger partial charge in [0.25, 0.3) is 0 Å². The summed E-state index contributed by atoms with van der Waals surface area (Å²) in [4.78, 5) is 19.3. The number of H-pyrrole nitrogens is 1. The third kappa shape index (κ3) is 3.71. The number of fused-ring (bicyclic) bond motifs is 1. The van der Waals surface area contributed by atoms with Gasteiger partial charge in [-0.05, 0) is 32.4 Å². The van der Waals surface area contributed by atoms with Crippen LogP contribution < -0.4 is 10.6 Å². The number of para-hydroxylation sites is 2. The highest BCUT2D eigenvalue weighted by molar-refractivity contribution is 5.76. The number of amides is 2. The lowest BCUT2D eigenvalue weighted by molar-refractivity contribution is 0.183. The van der Waals surface area contributed by atoms with Crippen molar-refractivity contribution < 1.29 is 9.90 Å². The number of hydrogen-bond acceptors (Lipinski definition) is 3. The van der Waals surface area contributed by atoms with Gasteiger partial charge in [0, 0.05) is 6.54 Å². The number of aliphatic hydroxyl groups is 1. The standard InChI is InChI=1S/C14H20N4O2/c1-9(19)7-8-15-14(20)16-10(2)13-17-11-5-3-4-6-12(11)18-13/h3-6,9-10,19H,7-8H2,1-2H3,(H,17,18)(H2,15,16,20). The molecule has 0 aliphatic heterocycles. The van der Waals surface area contributed by atoms with E-state index in [9.17, 15) is 4.79 Å². The molecule has 1 heterocycles. The predicted octanol–water partition coefficient (Wildman–Crippen LogP) is 1.69. The topological polar surface area (TPSA) is 90.0 Å². The van der Waals surface area contributed by atoms with E-state index in [-0.39, 0.29) is 12.1 Å². The molecule has 2 amide bonds. The maximum absolute atomic E-state index is 11.7. The van der Waals surface area contributed by atoms with Crippen molar-refractivity contribution in [1.29, 1.82) is 0 Å². The van der Waals surface area contributed by atoms with Gasteiger partial charge >= 0.3 is 6.03 Å². The molecule has 0 saturated heterocycles. The maximum atomic E-state index is 11.7. The minimum absolute atomic E-state index is 0.214. The largest absolute Gasteiger partial charge is 0.393 e. The van der Waals surface area contributed by atoms with Crippen molar-refractivity contribution in [2.24, 2.45) is 0 Å². The number of urea groups is 1. The number of nitrogens with one attached hydrogen (secondary N) is 3. The minimum atomic E-state index is -0.414. The fraction of sp³-hybridized carbons (Fsp3) is 0.429. The van der Waals surface area contributed by atoms with Crippen LogP contribution in [0, 0.1) is 0 Å². The zero-order valence-electron chi connectivity index (χ0n) is 11.7. The molecule has 0 spiro atoms. The number of rotatable bonds is 5. The molecule has 0 bridgehead atoms. The number of aromatic nitrogens is 2. The molecule has 6 nitrogen and oxygen atoms in total. The average Bonchev–Trinajstić information content (AvgIpc) is 2.82. The SMILES string of the molecule is CC(O)CCNC(=O)NC(C)c1nc2ccccc2[nH]1. The fourth-order valence-electron chi connectivity index (χ4n) is 1.89. The number of carbonyl (C=O) groups is 1. The number of imidazole rings is 1. The third-order valence-corrected chi connectivity index (χ3v) is 3.01. The van der Waals surface area contributed by atoms with Gasteiger partial charge in [0.2, 0.25) is 0 Å². The quantitative estimate of drug-likeness (QED) is 0.670. The second kappa shape index (κ2) is 6.38. The summed E-state index contributed by atoms with van der Waals surface area (Å²) in [7, 11) is 0. The van der Waals surface area contributed by atoms with Crippen LogP contribution in [-0.4, -0.2) is 33.8 Å². The molecule has 0 aliphatic carbocycles. The van der Waals surface area contributed by atoms with E-state index in [0.717, 1.165) is 16.9 Å². The predicted molar refractivity (Wildman–Crippen MR) is 77.3 cm³/mol. The molecule has 108 valence electrons.